The Bertz CT molecular complexity index is 351. The molecule has 0 saturated carbocycles. The molecule has 1 aliphatic rings. The van der Waals surface area contributed by atoms with E-state index in [4.69, 9.17) is 11.6 Å². The van der Waals surface area contributed by atoms with Crippen molar-refractivity contribution in [1.82, 2.24) is 5.32 Å². The summed E-state index contributed by atoms with van der Waals surface area (Å²) in [6.07, 6.45) is 1.06. The third-order valence-electron chi connectivity index (χ3n) is 3.06. The second-order valence-electron chi connectivity index (χ2n) is 3.94. The molecule has 0 aliphatic carbocycles. The SMILES string of the molecule is CCN1c2cccc(Cl)c2CC1CNC. The van der Waals surface area contributed by atoms with Gasteiger partial charge in [0.05, 0.1) is 0 Å². The highest BCUT2D eigenvalue weighted by Crippen LogP contribution is 2.36. The molecule has 15 heavy (non-hydrogen) atoms. The van der Waals surface area contributed by atoms with Crippen LogP contribution in [0.1, 0.15) is 12.5 Å². The molecule has 1 aliphatic heterocycles. The Kier molecular flexibility index (Phi) is 3.17. The highest BCUT2D eigenvalue weighted by Gasteiger charge is 2.28. The van der Waals surface area contributed by atoms with Crippen LogP contribution in [0.2, 0.25) is 5.02 Å². The largest absolute Gasteiger partial charge is 0.367 e. The zero-order valence-corrected chi connectivity index (χ0v) is 10.0. The molecule has 0 amide bonds. The van der Waals surface area contributed by atoms with Crippen LogP contribution in [0.4, 0.5) is 5.69 Å². The summed E-state index contributed by atoms with van der Waals surface area (Å²) in [5.74, 6) is 0. The maximum atomic E-state index is 6.21. The molecule has 1 atom stereocenters. The van der Waals surface area contributed by atoms with Crippen LogP contribution in [-0.2, 0) is 6.42 Å². The first-order chi connectivity index (χ1) is 7.27. The Morgan fingerprint density at radius 1 is 1.53 bits per heavy atom. The fraction of sp³-hybridized carbons (Fsp3) is 0.500. The Morgan fingerprint density at radius 3 is 3.00 bits per heavy atom. The molecular formula is C12H17ClN2. The van der Waals surface area contributed by atoms with E-state index in [1.807, 2.05) is 19.2 Å². The summed E-state index contributed by atoms with van der Waals surface area (Å²) >= 11 is 6.21. The highest BCUT2D eigenvalue weighted by molar-refractivity contribution is 6.31. The number of nitrogens with zero attached hydrogens (tertiary/aromatic N) is 1. The zero-order chi connectivity index (χ0) is 10.8. The van der Waals surface area contributed by atoms with Gasteiger partial charge in [0.25, 0.3) is 0 Å². The minimum absolute atomic E-state index is 0.551. The molecule has 0 radical (unpaired) electrons. The second kappa shape index (κ2) is 4.42. The summed E-state index contributed by atoms with van der Waals surface area (Å²) in [7, 11) is 2.00. The first kappa shape index (κ1) is 10.8. The summed E-state index contributed by atoms with van der Waals surface area (Å²) in [4.78, 5) is 2.43. The van der Waals surface area contributed by atoms with Crippen LogP contribution in [0.3, 0.4) is 0 Å². The summed E-state index contributed by atoms with van der Waals surface area (Å²) in [6.45, 7) is 4.25. The number of fused-ring (bicyclic) bond motifs is 1. The molecule has 1 N–H and O–H groups in total. The van der Waals surface area contributed by atoms with Gasteiger partial charge in [-0.1, -0.05) is 17.7 Å². The van der Waals surface area contributed by atoms with Crippen molar-refractivity contribution in [3.8, 4) is 0 Å². The van der Waals surface area contributed by atoms with Crippen LogP contribution in [0.5, 0.6) is 0 Å². The van der Waals surface area contributed by atoms with E-state index in [0.29, 0.717) is 6.04 Å². The monoisotopic (exact) mass is 224 g/mol. The Hall–Kier alpha value is -0.730. The van der Waals surface area contributed by atoms with E-state index in [1.54, 1.807) is 0 Å². The van der Waals surface area contributed by atoms with Gasteiger partial charge in [0, 0.05) is 29.8 Å². The molecule has 0 fully saturated rings. The molecule has 2 nitrogen and oxygen atoms in total. The standard InChI is InChI=1S/C12H17ClN2/c1-3-15-9(8-14-2)7-10-11(13)5-4-6-12(10)15/h4-6,9,14H,3,7-8H2,1-2H3. The van der Waals surface area contributed by atoms with E-state index in [2.05, 4.69) is 23.2 Å². The lowest BCUT2D eigenvalue weighted by Gasteiger charge is -2.25. The van der Waals surface area contributed by atoms with Crippen molar-refractivity contribution < 1.29 is 0 Å². The molecule has 82 valence electrons. The van der Waals surface area contributed by atoms with Crippen LogP contribution >= 0.6 is 11.6 Å². The Balaban J connectivity index is 2.32. The number of anilines is 1. The van der Waals surface area contributed by atoms with Crippen molar-refractivity contribution in [2.24, 2.45) is 0 Å². The van der Waals surface area contributed by atoms with Crippen molar-refractivity contribution in [3.63, 3.8) is 0 Å². The first-order valence-corrected chi connectivity index (χ1v) is 5.84. The van der Waals surface area contributed by atoms with Crippen molar-refractivity contribution in [3.05, 3.63) is 28.8 Å². The van der Waals surface area contributed by atoms with Crippen LogP contribution in [-0.4, -0.2) is 26.2 Å². The quantitative estimate of drug-likeness (QED) is 0.848. The van der Waals surface area contributed by atoms with Crippen LogP contribution < -0.4 is 10.2 Å². The number of rotatable bonds is 3. The molecule has 2 rings (SSSR count). The zero-order valence-electron chi connectivity index (χ0n) is 9.26. The van der Waals surface area contributed by atoms with E-state index in [9.17, 15) is 0 Å². The van der Waals surface area contributed by atoms with Gasteiger partial charge < -0.3 is 10.2 Å². The maximum absolute atomic E-state index is 6.21. The molecule has 1 aromatic carbocycles. The summed E-state index contributed by atoms with van der Waals surface area (Å²) in [5, 5.41) is 4.15. The van der Waals surface area contributed by atoms with E-state index in [0.717, 1.165) is 24.5 Å². The minimum atomic E-state index is 0.551. The Morgan fingerprint density at radius 2 is 2.33 bits per heavy atom. The molecule has 1 heterocycles. The number of halogens is 1. The predicted molar refractivity (Wildman–Crippen MR) is 65.9 cm³/mol. The van der Waals surface area contributed by atoms with Gasteiger partial charge in [0.1, 0.15) is 0 Å². The maximum Gasteiger partial charge on any atom is 0.0459 e. The Labute approximate surface area is 96.2 Å². The third kappa shape index (κ3) is 1.84. The second-order valence-corrected chi connectivity index (χ2v) is 4.35. The third-order valence-corrected chi connectivity index (χ3v) is 3.42. The molecule has 1 unspecified atom stereocenters. The first-order valence-electron chi connectivity index (χ1n) is 5.46. The van der Waals surface area contributed by atoms with Crippen molar-refractivity contribution >= 4 is 17.3 Å². The van der Waals surface area contributed by atoms with Gasteiger partial charge >= 0.3 is 0 Å². The van der Waals surface area contributed by atoms with Crippen molar-refractivity contribution in [2.45, 2.75) is 19.4 Å². The van der Waals surface area contributed by atoms with Gasteiger partial charge in [-0.3, -0.25) is 0 Å². The molecular weight excluding hydrogens is 208 g/mol. The smallest absolute Gasteiger partial charge is 0.0459 e. The van der Waals surface area contributed by atoms with Gasteiger partial charge in [-0.2, -0.15) is 0 Å². The van der Waals surface area contributed by atoms with Gasteiger partial charge in [0.2, 0.25) is 0 Å². The minimum Gasteiger partial charge on any atom is -0.367 e. The number of likely N-dealkylation sites (N-methyl/N-ethyl adjacent to an activating group) is 2. The van der Waals surface area contributed by atoms with E-state index < -0.39 is 0 Å². The van der Waals surface area contributed by atoms with Gasteiger partial charge in [-0.15, -0.1) is 0 Å². The lowest BCUT2D eigenvalue weighted by Crippen LogP contribution is -2.38. The van der Waals surface area contributed by atoms with Crippen LogP contribution in [0.25, 0.3) is 0 Å². The van der Waals surface area contributed by atoms with Crippen molar-refractivity contribution in [1.29, 1.82) is 0 Å². The normalized spacial score (nSPS) is 19.4. The average Bonchev–Trinajstić information content (AvgIpc) is 2.58. The molecule has 1 aromatic rings. The van der Waals surface area contributed by atoms with Gasteiger partial charge in [-0.25, -0.2) is 0 Å². The number of hydrogen-bond acceptors (Lipinski definition) is 2. The lowest BCUT2D eigenvalue weighted by atomic mass is 10.1. The molecule has 0 aromatic heterocycles. The summed E-state index contributed by atoms with van der Waals surface area (Å²) < 4.78 is 0. The lowest BCUT2D eigenvalue weighted by molar-refractivity contribution is 0.592. The number of hydrogen-bond donors (Lipinski definition) is 1. The van der Waals surface area contributed by atoms with E-state index in [1.165, 1.54) is 11.3 Å². The van der Waals surface area contributed by atoms with Crippen LogP contribution in [0.15, 0.2) is 18.2 Å². The van der Waals surface area contributed by atoms with Gasteiger partial charge in [0.15, 0.2) is 0 Å². The summed E-state index contributed by atoms with van der Waals surface area (Å²) in [6, 6.07) is 6.73. The van der Waals surface area contributed by atoms with Crippen LogP contribution in [0, 0.1) is 0 Å². The molecule has 0 spiro atoms. The average molecular weight is 225 g/mol. The molecule has 0 bridgehead atoms. The fourth-order valence-electron chi connectivity index (χ4n) is 2.41. The van der Waals surface area contributed by atoms with Gasteiger partial charge in [-0.05, 0) is 38.1 Å². The topological polar surface area (TPSA) is 15.3 Å². The fourth-order valence-corrected chi connectivity index (χ4v) is 2.65. The molecule has 3 heteroatoms. The number of benzene rings is 1. The van der Waals surface area contributed by atoms with Crippen molar-refractivity contribution in [2.75, 3.05) is 25.0 Å². The highest BCUT2D eigenvalue weighted by atomic mass is 35.5. The van der Waals surface area contributed by atoms with E-state index >= 15 is 0 Å². The number of nitrogens with one attached hydrogen (secondary N) is 1. The summed E-state index contributed by atoms with van der Waals surface area (Å²) in [5.41, 5.74) is 2.62. The predicted octanol–water partition coefficient (Wildman–Crippen LogP) is 2.31. The van der Waals surface area contributed by atoms with E-state index in [-0.39, 0.29) is 0 Å². The molecule has 0 saturated heterocycles.